The number of carbonyl (C=O) groups is 2. The highest BCUT2D eigenvalue weighted by Crippen LogP contribution is 2.25. The zero-order chi connectivity index (χ0) is 23.5. The zero-order valence-electron chi connectivity index (χ0n) is 19.6. The average Bonchev–Trinajstić information content (AvgIpc) is 2.84. The molecule has 0 saturated carbocycles. The minimum Gasteiger partial charge on any atom is -0.354 e. The second-order valence-corrected chi connectivity index (χ2v) is 8.78. The van der Waals surface area contributed by atoms with Crippen LogP contribution in [-0.2, 0) is 22.6 Å². The number of nitrogens with one attached hydrogen (secondary N) is 1. The lowest BCUT2D eigenvalue weighted by molar-refractivity contribution is -0.141. The predicted molar refractivity (Wildman–Crippen MR) is 133 cm³/mol. The van der Waals surface area contributed by atoms with Crippen LogP contribution in [-0.4, -0.2) is 23.3 Å². The summed E-state index contributed by atoms with van der Waals surface area (Å²) in [7, 11) is 0. The molecule has 4 nitrogen and oxygen atoms in total. The zero-order valence-corrected chi connectivity index (χ0v) is 19.6. The van der Waals surface area contributed by atoms with E-state index in [1.165, 1.54) is 0 Å². The fourth-order valence-electron chi connectivity index (χ4n) is 3.83. The number of hydrogen-bond acceptors (Lipinski definition) is 2. The Labute approximate surface area is 197 Å². The maximum absolute atomic E-state index is 13.6. The summed E-state index contributed by atoms with van der Waals surface area (Å²) in [4.78, 5) is 28.7. The standard InChI is InChI=1S/C29H34N2O2/c1-23(2)20-21-30-29(33)28(26-16-10-5-11-17-26)31(22-25-14-8-4-9-15-25)27(32)19-18-24-12-6-3-7-13-24/h3-17,23,28H,18-22H2,1-2H3,(H,30,33). The third-order valence-electron chi connectivity index (χ3n) is 5.68. The summed E-state index contributed by atoms with van der Waals surface area (Å²) < 4.78 is 0. The topological polar surface area (TPSA) is 49.4 Å². The maximum atomic E-state index is 13.6. The smallest absolute Gasteiger partial charge is 0.247 e. The minimum atomic E-state index is -0.679. The molecule has 0 aliphatic rings. The first-order chi connectivity index (χ1) is 16.0. The van der Waals surface area contributed by atoms with E-state index in [1.54, 1.807) is 4.90 Å². The highest BCUT2D eigenvalue weighted by molar-refractivity contribution is 5.88. The lowest BCUT2D eigenvalue weighted by atomic mass is 10.0. The summed E-state index contributed by atoms with van der Waals surface area (Å²) in [6.07, 6.45) is 1.88. The lowest BCUT2D eigenvalue weighted by Crippen LogP contribution is -2.43. The average molecular weight is 443 g/mol. The second kappa shape index (κ2) is 12.6. The summed E-state index contributed by atoms with van der Waals surface area (Å²) in [5.74, 6) is 0.329. The van der Waals surface area contributed by atoms with Gasteiger partial charge in [0.05, 0.1) is 0 Å². The van der Waals surface area contributed by atoms with Gasteiger partial charge in [-0.05, 0) is 35.4 Å². The van der Waals surface area contributed by atoms with Crippen LogP contribution >= 0.6 is 0 Å². The number of nitrogens with zero attached hydrogens (tertiary/aromatic N) is 1. The van der Waals surface area contributed by atoms with Crippen LogP contribution in [0.5, 0.6) is 0 Å². The number of hydrogen-bond donors (Lipinski definition) is 1. The number of rotatable bonds is 11. The van der Waals surface area contributed by atoms with Crippen LogP contribution in [0.4, 0.5) is 0 Å². The second-order valence-electron chi connectivity index (χ2n) is 8.78. The van der Waals surface area contributed by atoms with Gasteiger partial charge in [-0.25, -0.2) is 0 Å². The molecule has 1 unspecified atom stereocenters. The molecule has 3 aromatic rings. The Balaban J connectivity index is 1.88. The van der Waals surface area contributed by atoms with E-state index >= 15 is 0 Å². The van der Waals surface area contributed by atoms with Gasteiger partial charge >= 0.3 is 0 Å². The molecule has 0 aromatic heterocycles. The van der Waals surface area contributed by atoms with Gasteiger partial charge in [-0.15, -0.1) is 0 Å². The Morgan fingerprint density at radius 3 is 1.91 bits per heavy atom. The van der Waals surface area contributed by atoms with Gasteiger partial charge in [0, 0.05) is 19.5 Å². The number of benzene rings is 3. The van der Waals surface area contributed by atoms with Crippen LogP contribution in [0.2, 0.25) is 0 Å². The van der Waals surface area contributed by atoms with E-state index in [9.17, 15) is 9.59 Å². The van der Waals surface area contributed by atoms with Crippen molar-refractivity contribution in [1.82, 2.24) is 10.2 Å². The van der Waals surface area contributed by atoms with Crippen LogP contribution in [0.1, 0.15) is 49.4 Å². The molecule has 3 rings (SSSR count). The van der Waals surface area contributed by atoms with Gasteiger partial charge in [0.2, 0.25) is 11.8 Å². The molecule has 0 fully saturated rings. The maximum Gasteiger partial charge on any atom is 0.247 e. The summed E-state index contributed by atoms with van der Waals surface area (Å²) >= 11 is 0. The normalized spacial score (nSPS) is 11.7. The molecule has 3 aromatic carbocycles. The molecule has 0 bridgehead atoms. The van der Waals surface area contributed by atoms with E-state index in [0.717, 1.165) is 23.1 Å². The molecule has 0 spiro atoms. The first kappa shape index (κ1) is 24.2. The highest BCUT2D eigenvalue weighted by Gasteiger charge is 2.31. The Morgan fingerprint density at radius 1 is 0.788 bits per heavy atom. The molecule has 0 heterocycles. The summed E-state index contributed by atoms with van der Waals surface area (Å²) in [6.45, 7) is 5.24. The number of aryl methyl sites for hydroxylation is 1. The van der Waals surface area contributed by atoms with E-state index in [2.05, 4.69) is 19.2 Å². The number of carbonyl (C=O) groups excluding carboxylic acids is 2. The van der Waals surface area contributed by atoms with Crippen molar-refractivity contribution in [3.8, 4) is 0 Å². The van der Waals surface area contributed by atoms with Gasteiger partial charge in [-0.1, -0.05) is 105 Å². The Kier molecular flexibility index (Phi) is 9.25. The molecule has 1 atom stereocenters. The molecular formula is C29H34N2O2. The van der Waals surface area contributed by atoms with Crippen LogP contribution in [0.25, 0.3) is 0 Å². The first-order valence-electron chi connectivity index (χ1n) is 11.7. The largest absolute Gasteiger partial charge is 0.354 e. The molecule has 0 radical (unpaired) electrons. The van der Waals surface area contributed by atoms with Gasteiger partial charge in [0.15, 0.2) is 0 Å². The van der Waals surface area contributed by atoms with Crippen molar-refractivity contribution in [2.45, 2.75) is 45.7 Å². The van der Waals surface area contributed by atoms with E-state index in [-0.39, 0.29) is 11.8 Å². The van der Waals surface area contributed by atoms with Crippen LogP contribution < -0.4 is 5.32 Å². The van der Waals surface area contributed by atoms with Crippen molar-refractivity contribution < 1.29 is 9.59 Å². The highest BCUT2D eigenvalue weighted by atomic mass is 16.2. The first-order valence-corrected chi connectivity index (χ1v) is 11.7. The van der Waals surface area contributed by atoms with Crippen molar-refractivity contribution in [1.29, 1.82) is 0 Å². The van der Waals surface area contributed by atoms with Gasteiger partial charge in [0.1, 0.15) is 6.04 Å². The molecule has 4 heteroatoms. The van der Waals surface area contributed by atoms with Crippen LogP contribution in [0.15, 0.2) is 91.0 Å². The van der Waals surface area contributed by atoms with Crippen molar-refractivity contribution in [3.63, 3.8) is 0 Å². The van der Waals surface area contributed by atoms with E-state index in [1.807, 2.05) is 91.0 Å². The molecule has 0 aliphatic heterocycles. The van der Waals surface area contributed by atoms with E-state index in [0.29, 0.717) is 31.8 Å². The monoisotopic (exact) mass is 442 g/mol. The molecular weight excluding hydrogens is 408 g/mol. The third kappa shape index (κ3) is 7.60. The van der Waals surface area contributed by atoms with Crippen LogP contribution in [0, 0.1) is 5.92 Å². The van der Waals surface area contributed by atoms with E-state index in [4.69, 9.17) is 0 Å². The minimum absolute atomic E-state index is 0.0319. The predicted octanol–water partition coefficient (Wildman–Crippen LogP) is 5.55. The fraction of sp³-hybridized carbons (Fsp3) is 0.310. The third-order valence-corrected chi connectivity index (χ3v) is 5.68. The Morgan fingerprint density at radius 2 is 1.33 bits per heavy atom. The lowest BCUT2D eigenvalue weighted by Gasteiger charge is -2.32. The van der Waals surface area contributed by atoms with Gasteiger partial charge < -0.3 is 10.2 Å². The van der Waals surface area contributed by atoms with E-state index < -0.39 is 6.04 Å². The molecule has 2 amide bonds. The number of amides is 2. The Hall–Kier alpha value is -3.40. The summed E-state index contributed by atoms with van der Waals surface area (Å²) in [6, 6.07) is 28.8. The van der Waals surface area contributed by atoms with Gasteiger partial charge in [0.25, 0.3) is 0 Å². The molecule has 172 valence electrons. The van der Waals surface area contributed by atoms with Crippen LogP contribution in [0.3, 0.4) is 0 Å². The molecule has 0 aliphatic carbocycles. The van der Waals surface area contributed by atoms with Crippen molar-refractivity contribution in [2.24, 2.45) is 5.92 Å². The van der Waals surface area contributed by atoms with Gasteiger partial charge in [-0.2, -0.15) is 0 Å². The molecule has 1 N–H and O–H groups in total. The summed E-state index contributed by atoms with van der Waals surface area (Å²) in [5, 5.41) is 3.07. The Bertz CT molecular complexity index is 988. The SMILES string of the molecule is CC(C)CCNC(=O)C(c1ccccc1)N(Cc1ccccc1)C(=O)CCc1ccccc1. The van der Waals surface area contributed by atoms with Crippen molar-refractivity contribution in [3.05, 3.63) is 108 Å². The summed E-state index contributed by atoms with van der Waals surface area (Å²) in [5.41, 5.74) is 2.94. The van der Waals surface area contributed by atoms with Crippen molar-refractivity contribution in [2.75, 3.05) is 6.54 Å². The van der Waals surface area contributed by atoms with Crippen molar-refractivity contribution >= 4 is 11.8 Å². The molecule has 0 saturated heterocycles. The quantitative estimate of drug-likeness (QED) is 0.423. The molecule has 33 heavy (non-hydrogen) atoms. The van der Waals surface area contributed by atoms with Gasteiger partial charge in [-0.3, -0.25) is 9.59 Å². The fourth-order valence-corrected chi connectivity index (χ4v) is 3.83.